The smallest absolute Gasteiger partial charge is 0.303 e. The van der Waals surface area contributed by atoms with Gasteiger partial charge in [-0.25, -0.2) is 0 Å². The SMILES string of the molecule is COCC(CS)OC(C)=O. The molecule has 0 saturated heterocycles. The quantitative estimate of drug-likeness (QED) is 0.485. The van der Waals surface area contributed by atoms with Crippen LogP contribution in [0.2, 0.25) is 0 Å². The maximum atomic E-state index is 10.4. The Hall–Kier alpha value is -0.220. The summed E-state index contributed by atoms with van der Waals surface area (Å²) in [6.45, 7) is 1.77. The van der Waals surface area contributed by atoms with Gasteiger partial charge < -0.3 is 9.47 Å². The Bertz CT molecular complexity index is 105. The lowest BCUT2D eigenvalue weighted by Crippen LogP contribution is -2.23. The summed E-state index contributed by atoms with van der Waals surface area (Å²) in [6.07, 6.45) is -0.217. The third kappa shape index (κ3) is 4.64. The second-order valence-electron chi connectivity index (χ2n) is 1.87. The van der Waals surface area contributed by atoms with E-state index in [0.717, 1.165) is 0 Å². The van der Waals surface area contributed by atoms with Crippen molar-refractivity contribution >= 4 is 18.6 Å². The highest BCUT2D eigenvalue weighted by Gasteiger charge is 2.07. The largest absolute Gasteiger partial charge is 0.459 e. The minimum atomic E-state index is -0.295. The van der Waals surface area contributed by atoms with Crippen LogP contribution in [-0.2, 0) is 14.3 Å². The fourth-order valence-corrected chi connectivity index (χ4v) is 0.725. The van der Waals surface area contributed by atoms with Crippen molar-refractivity contribution in [3.8, 4) is 0 Å². The molecule has 1 atom stereocenters. The van der Waals surface area contributed by atoms with Gasteiger partial charge in [-0.15, -0.1) is 0 Å². The van der Waals surface area contributed by atoms with E-state index in [1.54, 1.807) is 7.11 Å². The zero-order valence-electron chi connectivity index (χ0n) is 6.16. The number of hydrogen-bond acceptors (Lipinski definition) is 4. The summed E-state index contributed by atoms with van der Waals surface area (Å²) in [5.74, 6) is 0.198. The van der Waals surface area contributed by atoms with Gasteiger partial charge in [-0.05, 0) is 0 Å². The fraction of sp³-hybridized carbons (Fsp3) is 0.833. The van der Waals surface area contributed by atoms with E-state index in [4.69, 9.17) is 9.47 Å². The van der Waals surface area contributed by atoms with E-state index < -0.39 is 0 Å². The highest BCUT2D eigenvalue weighted by atomic mass is 32.1. The molecule has 0 N–H and O–H groups in total. The van der Waals surface area contributed by atoms with Crippen molar-refractivity contribution in [1.82, 2.24) is 0 Å². The predicted octanol–water partition coefficient (Wildman–Crippen LogP) is 0.494. The summed E-state index contributed by atoms with van der Waals surface area (Å²) in [5, 5.41) is 0. The lowest BCUT2D eigenvalue weighted by atomic mass is 10.4. The lowest BCUT2D eigenvalue weighted by Gasteiger charge is -2.12. The number of hydrogen-bond donors (Lipinski definition) is 1. The van der Waals surface area contributed by atoms with Gasteiger partial charge in [-0.2, -0.15) is 12.6 Å². The monoisotopic (exact) mass is 164 g/mol. The molecule has 0 amide bonds. The molecular formula is C6H12O3S. The lowest BCUT2D eigenvalue weighted by molar-refractivity contribution is -0.147. The van der Waals surface area contributed by atoms with Crippen molar-refractivity contribution in [3.63, 3.8) is 0 Å². The highest BCUT2D eigenvalue weighted by molar-refractivity contribution is 7.80. The van der Waals surface area contributed by atoms with Crippen LogP contribution in [0.4, 0.5) is 0 Å². The number of rotatable bonds is 4. The molecule has 1 unspecified atom stereocenters. The Kier molecular flexibility index (Phi) is 5.43. The molecule has 0 aliphatic rings. The molecule has 60 valence electrons. The van der Waals surface area contributed by atoms with Gasteiger partial charge in [0.25, 0.3) is 0 Å². The average Bonchev–Trinajstić information content (AvgIpc) is 1.86. The van der Waals surface area contributed by atoms with Crippen LogP contribution in [0.15, 0.2) is 0 Å². The van der Waals surface area contributed by atoms with Crippen LogP contribution >= 0.6 is 12.6 Å². The normalized spacial score (nSPS) is 12.7. The standard InChI is InChI=1S/C6H12O3S/c1-5(7)9-6(4-10)3-8-2/h6,10H,3-4H2,1-2H3. The number of methoxy groups -OCH3 is 1. The number of esters is 1. The molecule has 10 heavy (non-hydrogen) atoms. The molecular weight excluding hydrogens is 152 g/mol. The molecule has 4 heteroatoms. The summed E-state index contributed by atoms with van der Waals surface area (Å²) in [6, 6.07) is 0. The Morgan fingerprint density at radius 3 is 2.60 bits per heavy atom. The summed E-state index contributed by atoms with van der Waals surface area (Å²) in [5.41, 5.74) is 0. The van der Waals surface area contributed by atoms with Crippen LogP contribution in [-0.4, -0.2) is 31.5 Å². The van der Waals surface area contributed by atoms with Crippen molar-refractivity contribution in [1.29, 1.82) is 0 Å². The molecule has 0 radical (unpaired) electrons. The van der Waals surface area contributed by atoms with Crippen LogP contribution in [0.25, 0.3) is 0 Å². The van der Waals surface area contributed by atoms with Gasteiger partial charge in [0.05, 0.1) is 6.61 Å². The molecule has 3 nitrogen and oxygen atoms in total. The van der Waals surface area contributed by atoms with E-state index in [2.05, 4.69) is 12.6 Å². The third-order valence-corrected chi connectivity index (χ3v) is 1.30. The fourth-order valence-electron chi connectivity index (χ4n) is 0.545. The van der Waals surface area contributed by atoms with Crippen LogP contribution in [0.3, 0.4) is 0 Å². The van der Waals surface area contributed by atoms with Crippen LogP contribution < -0.4 is 0 Å². The van der Waals surface area contributed by atoms with Gasteiger partial charge in [-0.1, -0.05) is 0 Å². The topological polar surface area (TPSA) is 35.5 Å². The molecule has 0 heterocycles. The zero-order chi connectivity index (χ0) is 7.98. The Balaban J connectivity index is 3.49. The number of carbonyl (C=O) groups is 1. The first-order valence-corrected chi connectivity index (χ1v) is 3.61. The first-order chi connectivity index (χ1) is 4.70. The van der Waals surface area contributed by atoms with E-state index in [-0.39, 0.29) is 12.1 Å². The zero-order valence-corrected chi connectivity index (χ0v) is 7.06. The predicted molar refractivity (Wildman–Crippen MR) is 41.3 cm³/mol. The summed E-state index contributed by atoms with van der Waals surface area (Å²) in [4.78, 5) is 10.4. The first-order valence-electron chi connectivity index (χ1n) is 2.97. The van der Waals surface area contributed by atoms with Crippen molar-refractivity contribution in [2.75, 3.05) is 19.5 Å². The number of thiol groups is 1. The van der Waals surface area contributed by atoms with Crippen LogP contribution in [0.5, 0.6) is 0 Å². The molecule has 0 spiro atoms. The van der Waals surface area contributed by atoms with Crippen molar-refractivity contribution in [2.45, 2.75) is 13.0 Å². The maximum Gasteiger partial charge on any atom is 0.303 e. The van der Waals surface area contributed by atoms with Crippen molar-refractivity contribution in [2.24, 2.45) is 0 Å². The van der Waals surface area contributed by atoms with Crippen molar-refractivity contribution in [3.05, 3.63) is 0 Å². The maximum absolute atomic E-state index is 10.4. The second-order valence-corrected chi connectivity index (χ2v) is 2.23. The summed E-state index contributed by atoms with van der Waals surface area (Å²) in [7, 11) is 1.56. The Labute approximate surface area is 66.1 Å². The Morgan fingerprint density at radius 2 is 2.30 bits per heavy atom. The number of ether oxygens (including phenoxy) is 2. The minimum Gasteiger partial charge on any atom is -0.459 e. The minimum absolute atomic E-state index is 0.217. The van der Waals surface area contributed by atoms with E-state index in [1.807, 2.05) is 0 Å². The molecule has 0 aromatic heterocycles. The van der Waals surface area contributed by atoms with Gasteiger partial charge in [0, 0.05) is 19.8 Å². The molecule has 0 rings (SSSR count). The van der Waals surface area contributed by atoms with E-state index in [1.165, 1.54) is 6.92 Å². The highest BCUT2D eigenvalue weighted by Crippen LogP contribution is 1.95. The van der Waals surface area contributed by atoms with E-state index in [9.17, 15) is 4.79 Å². The van der Waals surface area contributed by atoms with Gasteiger partial charge in [0.1, 0.15) is 6.10 Å². The first kappa shape index (κ1) is 9.78. The molecule has 0 saturated carbocycles. The van der Waals surface area contributed by atoms with Gasteiger partial charge in [-0.3, -0.25) is 4.79 Å². The molecule has 0 aliphatic carbocycles. The summed E-state index contributed by atoms with van der Waals surface area (Å²) >= 11 is 3.97. The molecule has 0 aliphatic heterocycles. The molecule has 0 aromatic rings. The Morgan fingerprint density at radius 1 is 1.70 bits per heavy atom. The van der Waals surface area contributed by atoms with Gasteiger partial charge in [0.2, 0.25) is 0 Å². The van der Waals surface area contributed by atoms with Crippen LogP contribution in [0.1, 0.15) is 6.92 Å². The van der Waals surface area contributed by atoms with Crippen LogP contribution in [0, 0.1) is 0 Å². The van der Waals surface area contributed by atoms with E-state index in [0.29, 0.717) is 12.4 Å². The van der Waals surface area contributed by atoms with Crippen molar-refractivity contribution < 1.29 is 14.3 Å². The second kappa shape index (κ2) is 5.56. The number of carbonyl (C=O) groups excluding carboxylic acids is 1. The molecule has 0 aromatic carbocycles. The molecule has 0 bridgehead atoms. The summed E-state index contributed by atoms with van der Waals surface area (Å²) < 4.78 is 9.57. The van der Waals surface area contributed by atoms with E-state index >= 15 is 0 Å². The average molecular weight is 164 g/mol. The van der Waals surface area contributed by atoms with Gasteiger partial charge >= 0.3 is 5.97 Å². The van der Waals surface area contributed by atoms with Gasteiger partial charge in [0.15, 0.2) is 0 Å². The third-order valence-electron chi connectivity index (χ3n) is 0.889. The molecule has 0 fully saturated rings.